The fourth-order valence-electron chi connectivity index (χ4n) is 7.51. The summed E-state index contributed by atoms with van der Waals surface area (Å²) in [5.74, 6) is 1.54. The maximum absolute atomic E-state index is 12.8. The van der Waals surface area contributed by atoms with Gasteiger partial charge in [0.2, 0.25) is 0 Å². The Bertz CT molecular complexity index is 823. The summed E-state index contributed by atoms with van der Waals surface area (Å²) < 4.78 is 7.09. The van der Waals surface area contributed by atoms with Gasteiger partial charge in [0, 0.05) is 24.3 Å². The van der Waals surface area contributed by atoms with Crippen LogP contribution in [-0.4, -0.2) is 58.7 Å². The van der Waals surface area contributed by atoms with Gasteiger partial charge in [0.25, 0.3) is 0 Å². The van der Waals surface area contributed by atoms with Gasteiger partial charge in [-0.3, -0.25) is 0 Å². The Morgan fingerprint density at radius 1 is 1.26 bits per heavy atom. The third-order valence-corrected chi connectivity index (χ3v) is 8.98. The van der Waals surface area contributed by atoms with Crippen LogP contribution in [0.4, 0.5) is 0 Å². The molecule has 2 aliphatic heterocycles. The molecule has 1 unspecified atom stereocenters. The van der Waals surface area contributed by atoms with Gasteiger partial charge >= 0.3 is 0 Å². The highest BCUT2D eigenvalue weighted by Gasteiger charge is 2.76. The molecule has 2 N–H and O–H groups in total. The summed E-state index contributed by atoms with van der Waals surface area (Å²) in [7, 11) is 2.29. The molecule has 1 aromatic carbocycles. The number of hydrogen-bond donors (Lipinski definition) is 2. The molecule has 1 saturated heterocycles. The molecule has 1 aromatic rings. The van der Waals surface area contributed by atoms with Crippen LogP contribution in [0, 0.1) is 5.92 Å². The van der Waals surface area contributed by atoms with E-state index in [2.05, 4.69) is 7.05 Å². The van der Waals surface area contributed by atoms with Gasteiger partial charge in [-0.25, -0.2) is 0 Å². The predicted octanol–water partition coefficient (Wildman–Crippen LogP) is 1.22. The zero-order valence-corrected chi connectivity index (χ0v) is 16.0. The highest BCUT2D eigenvalue weighted by molar-refractivity contribution is 5.60. The Morgan fingerprint density at radius 2 is 2.07 bits per heavy atom. The van der Waals surface area contributed by atoms with Crippen molar-refractivity contribution in [3.05, 3.63) is 23.3 Å². The van der Waals surface area contributed by atoms with E-state index in [1.165, 1.54) is 19.3 Å². The minimum atomic E-state index is -0.903. The molecule has 2 heterocycles. The van der Waals surface area contributed by atoms with Crippen molar-refractivity contribution in [2.24, 2.45) is 5.92 Å². The Balaban J connectivity index is 1.56. The summed E-state index contributed by atoms with van der Waals surface area (Å²) in [4.78, 5) is 0. The molecule has 146 valence electrons. The first-order valence-corrected chi connectivity index (χ1v) is 10.6. The third kappa shape index (κ3) is 1.77. The van der Waals surface area contributed by atoms with Gasteiger partial charge < -0.3 is 24.5 Å². The Kier molecular flexibility index (Phi) is 3.08. The standard InChI is InChI=1S/C22H29NO4/c1-23(12-13-3-2-4-13)10-9-21-19-14-11-18(23)22(21,26)8-7-16(25)20(21)27-17(19)6-5-15(14)24/h5-6,13,16,18,20,25-26H,2-4,7-12H2,1H3/t16-,18-,20?,21+,22+,23+/m0/s1. The molecular formula is C22H29NO4. The van der Waals surface area contributed by atoms with E-state index < -0.39 is 23.2 Å². The monoisotopic (exact) mass is 371 g/mol. The minimum absolute atomic E-state index is 0.0130. The maximum atomic E-state index is 12.8. The van der Waals surface area contributed by atoms with Crippen LogP contribution in [0.5, 0.6) is 11.5 Å². The van der Waals surface area contributed by atoms with Crippen molar-refractivity contribution < 1.29 is 24.5 Å². The zero-order chi connectivity index (χ0) is 18.6. The summed E-state index contributed by atoms with van der Waals surface area (Å²) in [5, 5.41) is 35.8. The number of ether oxygens (including phenoxy) is 1. The van der Waals surface area contributed by atoms with Gasteiger partial charge in [-0.05, 0) is 37.3 Å². The lowest BCUT2D eigenvalue weighted by molar-refractivity contribution is -0.952. The molecule has 5 heteroatoms. The quantitative estimate of drug-likeness (QED) is 0.767. The van der Waals surface area contributed by atoms with Gasteiger partial charge in [0.1, 0.15) is 23.5 Å². The van der Waals surface area contributed by atoms with E-state index in [1.54, 1.807) is 12.1 Å². The first-order chi connectivity index (χ1) is 12.9. The molecule has 5 nitrogen and oxygen atoms in total. The number of likely N-dealkylation sites (N-methyl/N-ethyl adjacent to an activating group) is 1. The van der Waals surface area contributed by atoms with Gasteiger partial charge in [-0.1, -0.05) is 12.5 Å². The first kappa shape index (κ1) is 16.6. The number of quaternary nitrogens is 1. The molecule has 27 heavy (non-hydrogen) atoms. The van der Waals surface area contributed by atoms with Crippen LogP contribution in [0.15, 0.2) is 12.1 Å². The number of benzene rings is 1. The molecule has 2 bridgehead atoms. The van der Waals surface area contributed by atoms with Crippen LogP contribution in [0.2, 0.25) is 0 Å². The zero-order valence-electron chi connectivity index (χ0n) is 16.0. The lowest BCUT2D eigenvalue weighted by Gasteiger charge is -2.66. The normalized spacial score (nSPS) is 47.1. The van der Waals surface area contributed by atoms with E-state index in [0.717, 1.165) is 46.8 Å². The van der Waals surface area contributed by atoms with Crippen LogP contribution in [0.3, 0.4) is 0 Å². The van der Waals surface area contributed by atoms with Crippen molar-refractivity contribution in [1.82, 2.24) is 0 Å². The number of aliphatic hydroxyl groups is 2. The summed E-state index contributed by atoms with van der Waals surface area (Å²) in [6, 6.07) is 3.39. The average Bonchev–Trinajstić information content (AvgIpc) is 2.95. The van der Waals surface area contributed by atoms with E-state index in [0.29, 0.717) is 19.3 Å². The number of nitrogens with zero attached hydrogens (tertiary/aromatic N) is 1. The van der Waals surface area contributed by atoms with Crippen LogP contribution in [-0.2, 0) is 11.8 Å². The van der Waals surface area contributed by atoms with Crippen molar-refractivity contribution in [3.8, 4) is 11.5 Å². The lowest BCUT2D eigenvalue weighted by atomic mass is 9.48. The Labute approximate surface area is 160 Å². The molecular weight excluding hydrogens is 342 g/mol. The van der Waals surface area contributed by atoms with Gasteiger partial charge in [-0.15, -0.1) is 5.75 Å². The molecule has 2 saturated carbocycles. The molecule has 1 spiro atoms. The van der Waals surface area contributed by atoms with Crippen molar-refractivity contribution in [2.75, 3.05) is 20.1 Å². The van der Waals surface area contributed by atoms with E-state index in [1.807, 2.05) is 0 Å². The smallest absolute Gasteiger partial charge is 0.137 e. The van der Waals surface area contributed by atoms with Gasteiger partial charge in [-0.2, -0.15) is 0 Å². The summed E-state index contributed by atoms with van der Waals surface area (Å²) in [5.41, 5.74) is 0.263. The maximum Gasteiger partial charge on any atom is 0.137 e. The van der Waals surface area contributed by atoms with E-state index in [-0.39, 0.29) is 11.8 Å². The number of aliphatic hydroxyl groups excluding tert-OH is 1. The highest BCUT2D eigenvalue weighted by atomic mass is 16.5. The fraction of sp³-hybridized carbons (Fsp3) is 0.727. The second kappa shape index (κ2) is 5.00. The van der Waals surface area contributed by atoms with Crippen LogP contribution in [0.1, 0.15) is 49.7 Å². The summed E-state index contributed by atoms with van der Waals surface area (Å²) in [6.45, 7) is 2.08. The van der Waals surface area contributed by atoms with Gasteiger partial charge in [0.15, 0.2) is 0 Å². The van der Waals surface area contributed by atoms with Crippen LogP contribution in [0.25, 0.3) is 0 Å². The number of piperidine rings is 1. The largest absolute Gasteiger partial charge is 0.872 e. The molecule has 5 aliphatic rings. The molecule has 0 amide bonds. The van der Waals surface area contributed by atoms with E-state index in [4.69, 9.17) is 4.74 Å². The highest BCUT2D eigenvalue weighted by Crippen LogP contribution is 2.65. The third-order valence-electron chi connectivity index (χ3n) is 8.98. The Hall–Kier alpha value is -1.30. The van der Waals surface area contributed by atoms with Crippen LogP contribution < -0.4 is 9.84 Å². The lowest BCUT2D eigenvalue weighted by Crippen LogP contribution is -2.81. The number of likely N-dealkylation sites (tertiary alicyclic amines) is 1. The molecule has 6 atom stereocenters. The summed E-state index contributed by atoms with van der Waals surface area (Å²) >= 11 is 0. The van der Waals surface area contributed by atoms with Crippen molar-refractivity contribution in [3.63, 3.8) is 0 Å². The summed E-state index contributed by atoms with van der Waals surface area (Å²) in [6.07, 6.45) is 5.49. The molecule has 0 aromatic heterocycles. The van der Waals surface area contributed by atoms with Crippen molar-refractivity contribution >= 4 is 0 Å². The van der Waals surface area contributed by atoms with E-state index >= 15 is 0 Å². The topological polar surface area (TPSA) is 72.8 Å². The van der Waals surface area contributed by atoms with Crippen molar-refractivity contribution in [1.29, 1.82) is 0 Å². The molecule has 3 fully saturated rings. The van der Waals surface area contributed by atoms with Gasteiger partial charge in [0.05, 0.1) is 31.7 Å². The van der Waals surface area contributed by atoms with Crippen molar-refractivity contribution in [2.45, 2.75) is 74.2 Å². The predicted molar refractivity (Wildman–Crippen MR) is 97.5 cm³/mol. The Morgan fingerprint density at radius 3 is 2.81 bits per heavy atom. The number of rotatable bonds is 2. The fourth-order valence-corrected chi connectivity index (χ4v) is 7.51. The molecule has 3 aliphatic carbocycles. The minimum Gasteiger partial charge on any atom is -0.872 e. The molecule has 0 radical (unpaired) electrons. The van der Waals surface area contributed by atoms with Crippen LogP contribution >= 0.6 is 0 Å². The first-order valence-electron chi connectivity index (χ1n) is 10.6. The average molecular weight is 371 g/mol. The second-order valence-electron chi connectivity index (χ2n) is 10.1. The SMILES string of the molecule is C[N@+]1(CC2CCC2)CC[C@]23c4c5ccc([O-])c4C[C@H]1[C@]2(O)CC[C@H](O)C3O5. The number of hydrogen-bond acceptors (Lipinski definition) is 4. The molecule has 6 rings (SSSR count). The second-order valence-corrected chi connectivity index (χ2v) is 10.1. The van der Waals surface area contributed by atoms with E-state index in [9.17, 15) is 15.3 Å².